The van der Waals surface area contributed by atoms with E-state index in [0.717, 1.165) is 19.3 Å². The van der Waals surface area contributed by atoms with Crippen molar-refractivity contribution in [1.29, 1.82) is 0 Å². The summed E-state index contributed by atoms with van der Waals surface area (Å²) in [5, 5.41) is 4.57. The minimum absolute atomic E-state index is 0.0931. The summed E-state index contributed by atoms with van der Waals surface area (Å²) in [6, 6.07) is 6.55. The highest BCUT2D eigenvalue weighted by molar-refractivity contribution is 9.10. The van der Waals surface area contributed by atoms with E-state index in [1.54, 1.807) is 34.0 Å². The first-order valence-corrected chi connectivity index (χ1v) is 11.2. The second kappa shape index (κ2) is 8.03. The maximum absolute atomic E-state index is 12.8. The molecule has 136 valence electrons. The molecule has 1 aliphatic rings. The summed E-state index contributed by atoms with van der Waals surface area (Å²) >= 11 is 4.40. The molecule has 1 fully saturated rings. The summed E-state index contributed by atoms with van der Waals surface area (Å²) in [7, 11) is -3.45. The van der Waals surface area contributed by atoms with Gasteiger partial charge in [-0.3, -0.25) is 4.79 Å². The third-order valence-electron chi connectivity index (χ3n) is 4.19. The van der Waals surface area contributed by atoms with Crippen LogP contribution in [0.4, 0.5) is 0 Å². The SMILES string of the molecule is O=C(NCCC1CCCCN1S(=O)(=O)c1cccs1)c1ccc(Br)o1. The minimum Gasteiger partial charge on any atom is -0.444 e. The largest absolute Gasteiger partial charge is 0.444 e. The molecule has 1 saturated heterocycles. The number of nitrogens with zero attached hydrogens (tertiary/aromatic N) is 1. The molecule has 1 amide bonds. The van der Waals surface area contributed by atoms with Crippen molar-refractivity contribution in [3.05, 3.63) is 40.1 Å². The summed E-state index contributed by atoms with van der Waals surface area (Å²) < 4.78 is 33.3. The van der Waals surface area contributed by atoms with Gasteiger partial charge >= 0.3 is 0 Å². The Hall–Kier alpha value is -1.16. The summed E-state index contributed by atoms with van der Waals surface area (Å²) in [4.78, 5) is 12.0. The number of rotatable bonds is 6. The zero-order chi connectivity index (χ0) is 17.9. The van der Waals surface area contributed by atoms with Crippen molar-refractivity contribution in [2.24, 2.45) is 0 Å². The molecule has 1 aliphatic heterocycles. The van der Waals surface area contributed by atoms with E-state index in [1.165, 1.54) is 11.3 Å². The molecule has 2 aromatic heterocycles. The van der Waals surface area contributed by atoms with Crippen LogP contribution in [-0.2, 0) is 10.0 Å². The Morgan fingerprint density at radius 2 is 2.20 bits per heavy atom. The van der Waals surface area contributed by atoms with Crippen molar-refractivity contribution in [3.8, 4) is 0 Å². The van der Waals surface area contributed by atoms with Gasteiger partial charge in [-0.15, -0.1) is 11.3 Å². The molecule has 25 heavy (non-hydrogen) atoms. The number of nitrogens with one attached hydrogen (secondary N) is 1. The van der Waals surface area contributed by atoms with Gasteiger partial charge in [0.2, 0.25) is 0 Å². The van der Waals surface area contributed by atoms with Gasteiger partial charge in [0.15, 0.2) is 10.4 Å². The lowest BCUT2D eigenvalue weighted by Gasteiger charge is -2.34. The minimum atomic E-state index is -3.45. The average molecular weight is 447 g/mol. The molecule has 1 atom stereocenters. The van der Waals surface area contributed by atoms with Crippen molar-refractivity contribution in [1.82, 2.24) is 9.62 Å². The molecule has 0 radical (unpaired) electrons. The zero-order valence-electron chi connectivity index (χ0n) is 13.5. The number of amides is 1. The van der Waals surface area contributed by atoms with Crippen molar-refractivity contribution in [2.45, 2.75) is 35.9 Å². The summed E-state index contributed by atoms with van der Waals surface area (Å²) in [6.45, 7) is 0.933. The van der Waals surface area contributed by atoms with E-state index in [1.807, 2.05) is 0 Å². The van der Waals surface area contributed by atoms with E-state index in [4.69, 9.17) is 4.42 Å². The van der Waals surface area contributed by atoms with Gasteiger partial charge in [0.05, 0.1) is 0 Å². The number of hydrogen-bond acceptors (Lipinski definition) is 5. The molecule has 6 nitrogen and oxygen atoms in total. The first-order valence-electron chi connectivity index (χ1n) is 8.07. The first kappa shape index (κ1) is 18.6. The predicted octanol–water partition coefficient (Wildman–Crippen LogP) is 3.47. The van der Waals surface area contributed by atoms with Crippen LogP contribution in [0.15, 0.2) is 42.9 Å². The maximum Gasteiger partial charge on any atom is 0.287 e. The Bertz CT molecular complexity index is 817. The molecule has 9 heteroatoms. The van der Waals surface area contributed by atoms with Crippen LogP contribution in [0.3, 0.4) is 0 Å². The van der Waals surface area contributed by atoms with Crippen LogP contribution >= 0.6 is 27.3 Å². The fourth-order valence-electron chi connectivity index (χ4n) is 2.98. The Morgan fingerprint density at radius 1 is 1.36 bits per heavy atom. The monoisotopic (exact) mass is 446 g/mol. The van der Waals surface area contributed by atoms with Gasteiger partial charge in [-0.25, -0.2) is 8.42 Å². The molecule has 1 unspecified atom stereocenters. The van der Waals surface area contributed by atoms with Gasteiger partial charge in [-0.1, -0.05) is 12.5 Å². The number of halogens is 1. The third kappa shape index (κ3) is 4.33. The summed E-state index contributed by atoms with van der Waals surface area (Å²) in [6.07, 6.45) is 3.26. The third-order valence-corrected chi connectivity index (χ3v) is 7.94. The second-order valence-corrected chi connectivity index (χ2v) is 9.69. The number of hydrogen-bond donors (Lipinski definition) is 1. The molecular formula is C16H19BrN2O4S2. The van der Waals surface area contributed by atoms with E-state index >= 15 is 0 Å². The molecule has 0 aromatic carbocycles. The molecule has 1 N–H and O–H groups in total. The standard InChI is InChI=1S/C16H19BrN2O4S2/c17-14-7-6-13(23-14)16(20)18-9-8-12-4-1-2-10-19(12)25(21,22)15-5-3-11-24-15/h3,5-7,11-12H,1-2,4,8-10H2,(H,18,20). The Balaban J connectivity index is 1.61. The van der Waals surface area contributed by atoms with Crippen LogP contribution < -0.4 is 5.32 Å². The second-order valence-electron chi connectivity index (χ2n) is 5.85. The van der Waals surface area contributed by atoms with E-state index < -0.39 is 10.0 Å². The van der Waals surface area contributed by atoms with Crippen LogP contribution in [0.5, 0.6) is 0 Å². The first-order chi connectivity index (χ1) is 12.0. The lowest BCUT2D eigenvalue weighted by atomic mass is 10.0. The van der Waals surface area contributed by atoms with Gasteiger partial charge in [0.25, 0.3) is 15.9 Å². The molecule has 2 aromatic rings. The molecule has 0 aliphatic carbocycles. The molecule has 3 rings (SSSR count). The lowest BCUT2D eigenvalue weighted by molar-refractivity contribution is 0.0920. The number of carbonyl (C=O) groups excluding carboxylic acids is 1. The molecular weight excluding hydrogens is 428 g/mol. The van der Waals surface area contributed by atoms with Gasteiger partial charge < -0.3 is 9.73 Å². The summed E-state index contributed by atoms with van der Waals surface area (Å²) in [5.74, 6) is -0.0623. The Kier molecular flexibility index (Phi) is 5.98. The molecule has 3 heterocycles. The lowest BCUT2D eigenvalue weighted by Crippen LogP contribution is -2.44. The van der Waals surface area contributed by atoms with Crippen molar-refractivity contribution in [2.75, 3.05) is 13.1 Å². The normalized spacial score (nSPS) is 19.0. The van der Waals surface area contributed by atoms with E-state index in [9.17, 15) is 13.2 Å². The fraction of sp³-hybridized carbons (Fsp3) is 0.438. The molecule has 0 bridgehead atoms. The van der Waals surface area contributed by atoms with E-state index in [0.29, 0.717) is 28.4 Å². The zero-order valence-corrected chi connectivity index (χ0v) is 16.7. The molecule has 0 spiro atoms. The highest BCUT2D eigenvalue weighted by Crippen LogP contribution is 2.29. The van der Waals surface area contributed by atoms with E-state index in [-0.39, 0.29) is 17.7 Å². The van der Waals surface area contributed by atoms with Gasteiger partial charge in [0, 0.05) is 19.1 Å². The highest BCUT2D eigenvalue weighted by atomic mass is 79.9. The maximum atomic E-state index is 12.8. The fourth-order valence-corrected chi connectivity index (χ4v) is 6.13. The highest BCUT2D eigenvalue weighted by Gasteiger charge is 2.33. The van der Waals surface area contributed by atoms with Crippen LogP contribution in [0.25, 0.3) is 0 Å². The van der Waals surface area contributed by atoms with Crippen LogP contribution in [0, 0.1) is 0 Å². The Labute approximate surface area is 159 Å². The number of carbonyl (C=O) groups is 1. The van der Waals surface area contributed by atoms with Crippen LogP contribution in [-0.4, -0.2) is 37.8 Å². The predicted molar refractivity (Wildman–Crippen MR) is 99.2 cm³/mol. The quantitative estimate of drug-likeness (QED) is 0.736. The van der Waals surface area contributed by atoms with Crippen molar-refractivity contribution in [3.63, 3.8) is 0 Å². The number of sulfonamides is 1. The Morgan fingerprint density at radius 3 is 2.88 bits per heavy atom. The van der Waals surface area contributed by atoms with E-state index in [2.05, 4.69) is 21.2 Å². The summed E-state index contributed by atoms with van der Waals surface area (Å²) in [5.41, 5.74) is 0. The van der Waals surface area contributed by atoms with Gasteiger partial charge in [-0.05, 0) is 58.8 Å². The van der Waals surface area contributed by atoms with Crippen molar-refractivity contribution < 1.29 is 17.6 Å². The average Bonchev–Trinajstić information content (AvgIpc) is 3.27. The smallest absolute Gasteiger partial charge is 0.287 e. The topological polar surface area (TPSA) is 79.6 Å². The van der Waals surface area contributed by atoms with Crippen LogP contribution in [0.2, 0.25) is 0 Å². The number of thiophene rings is 1. The number of piperidine rings is 1. The molecule has 0 saturated carbocycles. The van der Waals surface area contributed by atoms with Gasteiger partial charge in [0.1, 0.15) is 4.21 Å². The number of furan rings is 1. The van der Waals surface area contributed by atoms with Crippen LogP contribution in [0.1, 0.15) is 36.2 Å². The van der Waals surface area contributed by atoms with Crippen molar-refractivity contribution >= 4 is 43.2 Å². The van der Waals surface area contributed by atoms with Gasteiger partial charge in [-0.2, -0.15) is 4.31 Å².